The van der Waals surface area contributed by atoms with E-state index in [1.165, 1.54) is 22.6 Å². The molecule has 236 valence electrons. The number of ether oxygens (including phenoxy) is 1. The number of halogens is 1. The van der Waals surface area contributed by atoms with Crippen molar-refractivity contribution >= 4 is 40.3 Å². The third-order valence-corrected chi connectivity index (χ3v) is 8.27. The standard InChI is InChI=1S/C35H39FN4O4S/c1-8-45(43)39-28-13-14-33(44-34-22(4)15-26(36)16-23(34)5)30(17-28)31(19-40(7)20-41)29-18-32(37-24(29)6)35(42)38-27-11-9-25(10-12-27)21(2)3/h9-21,37,39H,8H2,1-7H3,(H,38,42)/b31-19+. The van der Waals surface area contributed by atoms with Gasteiger partial charge in [-0.2, -0.15) is 0 Å². The zero-order chi connectivity index (χ0) is 32.8. The number of hydrogen-bond acceptors (Lipinski definition) is 4. The Hall–Kier alpha value is -4.70. The van der Waals surface area contributed by atoms with E-state index in [0.29, 0.717) is 80.2 Å². The number of nitrogens with zero attached hydrogens (tertiary/aromatic N) is 1. The molecular weight excluding hydrogens is 591 g/mol. The van der Waals surface area contributed by atoms with E-state index in [9.17, 15) is 18.2 Å². The van der Waals surface area contributed by atoms with E-state index in [2.05, 4.69) is 28.9 Å². The lowest BCUT2D eigenvalue weighted by Gasteiger charge is -2.19. The van der Waals surface area contributed by atoms with Crippen LogP contribution in [0, 0.1) is 26.6 Å². The first-order valence-corrected chi connectivity index (χ1v) is 16.0. The lowest BCUT2D eigenvalue weighted by molar-refractivity contribution is -0.114. The van der Waals surface area contributed by atoms with Gasteiger partial charge in [-0.15, -0.1) is 0 Å². The Morgan fingerprint density at radius 1 is 1.00 bits per heavy atom. The Balaban J connectivity index is 1.81. The van der Waals surface area contributed by atoms with Crippen molar-refractivity contribution in [2.45, 2.75) is 47.5 Å². The quantitative estimate of drug-likeness (QED) is 0.139. The summed E-state index contributed by atoms with van der Waals surface area (Å²) in [5.41, 5.74) is 6.40. The average Bonchev–Trinajstić information content (AvgIpc) is 3.39. The first kappa shape index (κ1) is 33.2. The van der Waals surface area contributed by atoms with Gasteiger partial charge in [0.15, 0.2) is 0 Å². The number of aromatic nitrogens is 1. The SMILES string of the molecule is CCS(=O)Nc1ccc(Oc2c(C)cc(F)cc2C)c(/C(=C/N(C)C=O)c2cc(C(=O)Nc3ccc(C(C)C)cc3)[nH]c2C)c1. The van der Waals surface area contributed by atoms with Gasteiger partial charge in [0.2, 0.25) is 6.41 Å². The van der Waals surface area contributed by atoms with Crippen LogP contribution in [0.25, 0.3) is 5.57 Å². The minimum atomic E-state index is -1.32. The number of benzene rings is 3. The summed E-state index contributed by atoms with van der Waals surface area (Å²) < 4.78 is 35.9. The maximum absolute atomic E-state index is 14.1. The number of nitrogens with one attached hydrogen (secondary N) is 3. The molecule has 8 nitrogen and oxygen atoms in total. The van der Waals surface area contributed by atoms with Crippen LogP contribution in [0.3, 0.4) is 0 Å². The van der Waals surface area contributed by atoms with Crippen molar-refractivity contribution in [1.29, 1.82) is 0 Å². The molecule has 45 heavy (non-hydrogen) atoms. The van der Waals surface area contributed by atoms with Crippen LogP contribution in [0.5, 0.6) is 11.5 Å². The fourth-order valence-corrected chi connectivity index (χ4v) is 5.43. The molecule has 4 rings (SSSR count). The number of aromatic amines is 1. The van der Waals surface area contributed by atoms with Gasteiger partial charge in [-0.1, -0.05) is 32.9 Å². The van der Waals surface area contributed by atoms with Crippen LogP contribution in [0.15, 0.2) is 66.9 Å². The monoisotopic (exact) mass is 630 g/mol. The highest BCUT2D eigenvalue weighted by Gasteiger charge is 2.21. The molecule has 0 radical (unpaired) electrons. The number of carbonyl (C=O) groups excluding carboxylic acids is 2. The highest BCUT2D eigenvalue weighted by Crippen LogP contribution is 2.39. The molecule has 1 atom stereocenters. The molecule has 0 saturated carbocycles. The minimum absolute atomic E-state index is 0.323. The molecule has 1 aromatic heterocycles. The summed E-state index contributed by atoms with van der Waals surface area (Å²) in [6.45, 7) is 11.4. The van der Waals surface area contributed by atoms with Gasteiger partial charge < -0.3 is 24.7 Å². The van der Waals surface area contributed by atoms with E-state index in [1.54, 1.807) is 58.3 Å². The number of hydrogen-bond donors (Lipinski definition) is 3. The van der Waals surface area contributed by atoms with Gasteiger partial charge in [-0.05, 0) is 91.9 Å². The summed E-state index contributed by atoms with van der Waals surface area (Å²) in [5.74, 6) is 0.993. The molecule has 3 aromatic carbocycles. The number of H-pyrrole nitrogens is 1. The van der Waals surface area contributed by atoms with E-state index in [1.807, 2.05) is 31.2 Å². The minimum Gasteiger partial charge on any atom is -0.456 e. The molecule has 0 aliphatic rings. The highest BCUT2D eigenvalue weighted by molar-refractivity contribution is 7.86. The lowest BCUT2D eigenvalue weighted by atomic mass is 9.97. The molecule has 0 saturated heterocycles. The molecule has 0 aliphatic heterocycles. The van der Waals surface area contributed by atoms with Gasteiger partial charge in [-0.3, -0.25) is 9.59 Å². The smallest absolute Gasteiger partial charge is 0.272 e. The van der Waals surface area contributed by atoms with E-state index < -0.39 is 11.0 Å². The lowest BCUT2D eigenvalue weighted by Crippen LogP contribution is -2.12. The van der Waals surface area contributed by atoms with Crippen molar-refractivity contribution in [3.63, 3.8) is 0 Å². The van der Waals surface area contributed by atoms with Crippen LogP contribution in [0.4, 0.5) is 15.8 Å². The van der Waals surface area contributed by atoms with Gasteiger partial charge in [0.1, 0.15) is 34.0 Å². The topological polar surface area (TPSA) is 104 Å². The van der Waals surface area contributed by atoms with Crippen molar-refractivity contribution in [2.24, 2.45) is 0 Å². The van der Waals surface area contributed by atoms with E-state index in [0.717, 1.165) is 0 Å². The maximum Gasteiger partial charge on any atom is 0.272 e. The third kappa shape index (κ3) is 8.07. The zero-order valence-corrected chi connectivity index (χ0v) is 27.4. The summed E-state index contributed by atoms with van der Waals surface area (Å²) in [6, 6.07) is 17.5. The molecular formula is C35H39FN4O4S. The van der Waals surface area contributed by atoms with Crippen LogP contribution in [-0.4, -0.2) is 39.2 Å². The van der Waals surface area contributed by atoms with Gasteiger partial charge in [-0.25, -0.2) is 8.60 Å². The normalized spacial score (nSPS) is 12.2. The van der Waals surface area contributed by atoms with Crippen molar-refractivity contribution in [2.75, 3.05) is 22.8 Å². The number of carbonyl (C=O) groups is 2. The Labute approximate surface area is 266 Å². The van der Waals surface area contributed by atoms with E-state index >= 15 is 0 Å². The highest BCUT2D eigenvalue weighted by atomic mass is 32.2. The predicted octanol–water partition coefficient (Wildman–Crippen LogP) is 7.82. The van der Waals surface area contributed by atoms with Crippen molar-refractivity contribution in [3.05, 3.63) is 112 Å². The molecule has 2 amide bonds. The second-order valence-electron chi connectivity index (χ2n) is 11.2. The van der Waals surface area contributed by atoms with Gasteiger partial charge in [0.25, 0.3) is 5.91 Å². The number of rotatable bonds is 12. The van der Waals surface area contributed by atoms with Gasteiger partial charge in [0.05, 0.1) is 0 Å². The fourth-order valence-electron chi connectivity index (χ4n) is 4.89. The Kier molecular flexibility index (Phi) is 10.6. The molecule has 1 unspecified atom stereocenters. The largest absolute Gasteiger partial charge is 0.456 e. The summed E-state index contributed by atoms with van der Waals surface area (Å²) in [5, 5.41) is 2.94. The van der Waals surface area contributed by atoms with E-state index in [-0.39, 0.29) is 11.7 Å². The summed E-state index contributed by atoms with van der Waals surface area (Å²) >= 11 is 0. The van der Waals surface area contributed by atoms with Crippen LogP contribution in [0.1, 0.15) is 70.7 Å². The predicted molar refractivity (Wildman–Crippen MR) is 180 cm³/mol. The molecule has 10 heteroatoms. The van der Waals surface area contributed by atoms with Gasteiger partial charge >= 0.3 is 0 Å². The average molecular weight is 631 g/mol. The number of aryl methyl sites for hydroxylation is 3. The van der Waals surface area contributed by atoms with Crippen LogP contribution < -0.4 is 14.8 Å². The van der Waals surface area contributed by atoms with Gasteiger partial charge in [0, 0.05) is 52.8 Å². The zero-order valence-electron chi connectivity index (χ0n) is 26.6. The van der Waals surface area contributed by atoms with Crippen molar-refractivity contribution in [3.8, 4) is 11.5 Å². The molecule has 0 bridgehead atoms. The molecule has 0 spiro atoms. The number of anilines is 2. The molecule has 4 aromatic rings. The van der Waals surface area contributed by atoms with Crippen LogP contribution in [-0.2, 0) is 15.8 Å². The molecule has 0 aliphatic carbocycles. The first-order chi connectivity index (χ1) is 21.4. The van der Waals surface area contributed by atoms with E-state index in [4.69, 9.17) is 4.74 Å². The Bertz CT molecular complexity index is 1740. The summed E-state index contributed by atoms with van der Waals surface area (Å²) in [4.78, 5) is 29.7. The first-order valence-electron chi connectivity index (χ1n) is 14.6. The van der Waals surface area contributed by atoms with Crippen molar-refractivity contribution < 1.29 is 22.9 Å². The van der Waals surface area contributed by atoms with Crippen molar-refractivity contribution in [1.82, 2.24) is 9.88 Å². The summed E-state index contributed by atoms with van der Waals surface area (Å²) in [7, 11) is 0.285. The number of amides is 2. The Morgan fingerprint density at radius 2 is 1.64 bits per heavy atom. The Morgan fingerprint density at radius 3 is 2.24 bits per heavy atom. The molecule has 0 fully saturated rings. The molecule has 1 heterocycles. The summed E-state index contributed by atoms with van der Waals surface area (Å²) in [6.07, 6.45) is 2.31. The molecule has 3 N–H and O–H groups in total. The van der Waals surface area contributed by atoms with Crippen LogP contribution >= 0.6 is 0 Å². The maximum atomic E-state index is 14.1. The second kappa shape index (κ2) is 14.4. The van der Waals surface area contributed by atoms with Crippen LogP contribution in [0.2, 0.25) is 0 Å². The fraction of sp³-hybridized carbons (Fsp3) is 0.257. The second-order valence-corrected chi connectivity index (χ2v) is 12.7. The third-order valence-electron chi connectivity index (χ3n) is 7.28.